The Morgan fingerprint density at radius 1 is 1.12 bits per heavy atom. The second-order valence-corrected chi connectivity index (χ2v) is 10.2. The van der Waals surface area contributed by atoms with Crippen molar-refractivity contribution in [2.75, 3.05) is 19.8 Å². The number of aliphatic carboxylic acids is 1. The molecular formula is C29H32O5. The highest BCUT2D eigenvalue weighted by Gasteiger charge is 2.40. The molecule has 4 aliphatic rings. The summed E-state index contributed by atoms with van der Waals surface area (Å²) in [5, 5.41) is 9.14. The number of ether oxygens (including phenoxy) is 3. The van der Waals surface area contributed by atoms with Gasteiger partial charge in [-0.05, 0) is 78.7 Å². The third kappa shape index (κ3) is 3.80. The van der Waals surface area contributed by atoms with Gasteiger partial charge in [0.25, 0.3) is 0 Å². The van der Waals surface area contributed by atoms with Crippen LogP contribution in [0.2, 0.25) is 0 Å². The summed E-state index contributed by atoms with van der Waals surface area (Å²) in [6.45, 7) is 2.15. The summed E-state index contributed by atoms with van der Waals surface area (Å²) in [5.41, 5.74) is 6.97. The molecule has 0 unspecified atom stereocenters. The molecule has 5 heteroatoms. The summed E-state index contributed by atoms with van der Waals surface area (Å²) >= 11 is 0. The SMILES string of the molecule is O=C(O)C[C@@H]1COc2cc(O[C@@H]3CCc4c(C5=CCCCC56CCOCC6)cccc43)ccc21. The first-order chi connectivity index (χ1) is 16.6. The van der Waals surface area contributed by atoms with Gasteiger partial charge in [0.15, 0.2) is 0 Å². The lowest BCUT2D eigenvalue weighted by Crippen LogP contribution is -2.32. The summed E-state index contributed by atoms with van der Waals surface area (Å²) < 4.78 is 18.0. The summed E-state index contributed by atoms with van der Waals surface area (Å²) in [6, 6.07) is 12.6. The van der Waals surface area contributed by atoms with E-state index in [1.807, 2.05) is 18.2 Å². The smallest absolute Gasteiger partial charge is 0.304 e. The van der Waals surface area contributed by atoms with Crippen molar-refractivity contribution >= 4 is 11.5 Å². The van der Waals surface area contributed by atoms with Crippen molar-refractivity contribution in [2.45, 2.75) is 63.4 Å². The van der Waals surface area contributed by atoms with Gasteiger partial charge in [-0.2, -0.15) is 0 Å². The number of hydrogen-bond donors (Lipinski definition) is 1. The molecule has 34 heavy (non-hydrogen) atoms. The Bertz CT molecular complexity index is 1130. The molecule has 2 atom stereocenters. The van der Waals surface area contributed by atoms with Crippen LogP contribution in [0.4, 0.5) is 0 Å². The monoisotopic (exact) mass is 460 g/mol. The lowest BCUT2D eigenvalue weighted by molar-refractivity contribution is -0.137. The number of rotatable bonds is 5. The Kier molecular flexibility index (Phi) is 5.60. The molecule has 1 saturated heterocycles. The second-order valence-electron chi connectivity index (χ2n) is 10.2. The Labute approximate surface area is 200 Å². The van der Waals surface area contributed by atoms with E-state index in [9.17, 15) is 4.79 Å². The van der Waals surface area contributed by atoms with Gasteiger partial charge in [-0.1, -0.05) is 30.3 Å². The van der Waals surface area contributed by atoms with Crippen LogP contribution >= 0.6 is 0 Å². The number of allylic oxidation sites excluding steroid dienone is 2. The van der Waals surface area contributed by atoms with Gasteiger partial charge in [0, 0.05) is 30.8 Å². The van der Waals surface area contributed by atoms with Gasteiger partial charge < -0.3 is 19.3 Å². The van der Waals surface area contributed by atoms with E-state index in [4.69, 9.17) is 19.3 Å². The van der Waals surface area contributed by atoms with E-state index in [2.05, 4.69) is 24.3 Å². The number of carbonyl (C=O) groups is 1. The lowest BCUT2D eigenvalue weighted by atomic mass is 9.65. The first kappa shape index (κ1) is 21.7. The quantitative estimate of drug-likeness (QED) is 0.587. The van der Waals surface area contributed by atoms with Gasteiger partial charge in [0.2, 0.25) is 0 Å². The Morgan fingerprint density at radius 2 is 2.00 bits per heavy atom. The van der Waals surface area contributed by atoms with E-state index in [0.29, 0.717) is 6.61 Å². The highest BCUT2D eigenvalue weighted by atomic mass is 16.5. The van der Waals surface area contributed by atoms with E-state index < -0.39 is 5.97 Å². The van der Waals surface area contributed by atoms with Crippen LogP contribution in [0.3, 0.4) is 0 Å². The number of carboxylic acid groups (broad SMARTS) is 1. The first-order valence-electron chi connectivity index (χ1n) is 12.7. The van der Waals surface area contributed by atoms with Crippen LogP contribution in [0.1, 0.15) is 79.2 Å². The Hall–Kier alpha value is -2.79. The predicted molar refractivity (Wildman–Crippen MR) is 129 cm³/mol. The molecule has 6 rings (SSSR count). The minimum Gasteiger partial charge on any atom is -0.492 e. The van der Waals surface area contributed by atoms with Gasteiger partial charge in [-0.25, -0.2) is 0 Å². The molecule has 1 spiro atoms. The minimum absolute atomic E-state index is 0.0269. The fourth-order valence-electron chi connectivity index (χ4n) is 6.58. The zero-order chi connectivity index (χ0) is 23.1. The maximum atomic E-state index is 11.1. The molecular weight excluding hydrogens is 428 g/mol. The molecule has 178 valence electrons. The minimum atomic E-state index is -0.796. The van der Waals surface area contributed by atoms with E-state index >= 15 is 0 Å². The van der Waals surface area contributed by atoms with Crippen LogP contribution in [0.25, 0.3) is 5.57 Å². The van der Waals surface area contributed by atoms with E-state index in [0.717, 1.165) is 56.0 Å². The molecule has 0 saturated carbocycles. The zero-order valence-corrected chi connectivity index (χ0v) is 19.6. The average molecular weight is 461 g/mol. The number of hydrogen-bond acceptors (Lipinski definition) is 4. The van der Waals surface area contributed by atoms with Crippen molar-refractivity contribution in [1.82, 2.24) is 0 Å². The summed E-state index contributed by atoms with van der Waals surface area (Å²) in [4.78, 5) is 11.1. The van der Waals surface area contributed by atoms with Crippen LogP contribution in [-0.4, -0.2) is 30.9 Å². The Balaban J connectivity index is 1.25. The normalized spacial score (nSPS) is 24.8. The van der Waals surface area contributed by atoms with Gasteiger partial charge in [0.05, 0.1) is 13.0 Å². The van der Waals surface area contributed by atoms with E-state index in [1.54, 1.807) is 5.57 Å². The molecule has 0 bridgehead atoms. The van der Waals surface area contributed by atoms with Gasteiger partial charge >= 0.3 is 5.97 Å². The van der Waals surface area contributed by atoms with Gasteiger partial charge in [-0.15, -0.1) is 0 Å². The van der Waals surface area contributed by atoms with E-state index in [-0.39, 0.29) is 23.9 Å². The molecule has 1 fully saturated rings. The number of fused-ring (bicyclic) bond motifs is 2. The number of carboxylic acids is 1. The molecule has 2 aromatic carbocycles. The third-order valence-corrected chi connectivity index (χ3v) is 8.30. The average Bonchev–Trinajstić information content (AvgIpc) is 3.44. The third-order valence-electron chi connectivity index (χ3n) is 8.30. The molecule has 5 nitrogen and oxygen atoms in total. The number of benzene rings is 2. The van der Waals surface area contributed by atoms with Crippen molar-refractivity contribution in [3.05, 3.63) is 64.7 Å². The summed E-state index contributed by atoms with van der Waals surface area (Å²) in [6.07, 6.45) is 10.6. The van der Waals surface area contributed by atoms with Crippen molar-refractivity contribution in [3.63, 3.8) is 0 Å². The molecule has 0 radical (unpaired) electrons. The molecule has 0 amide bonds. The van der Waals surface area contributed by atoms with Crippen LogP contribution in [0.15, 0.2) is 42.5 Å². The molecule has 2 aliphatic carbocycles. The van der Waals surface area contributed by atoms with Crippen LogP contribution < -0.4 is 9.47 Å². The zero-order valence-electron chi connectivity index (χ0n) is 19.6. The molecule has 2 aliphatic heterocycles. The van der Waals surface area contributed by atoms with Crippen molar-refractivity contribution in [2.24, 2.45) is 5.41 Å². The van der Waals surface area contributed by atoms with Crippen LogP contribution in [0.5, 0.6) is 11.5 Å². The summed E-state index contributed by atoms with van der Waals surface area (Å²) in [5.74, 6) is 0.661. The highest BCUT2D eigenvalue weighted by Crippen LogP contribution is 2.52. The first-order valence-corrected chi connectivity index (χ1v) is 12.7. The lowest BCUT2D eigenvalue weighted by Gasteiger charge is -2.42. The van der Waals surface area contributed by atoms with Crippen LogP contribution in [-0.2, 0) is 16.0 Å². The fourth-order valence-corrected chi connectivity index (χ4v) is 6.58. The van der Waals surface area contributed by atoms with Crippen molar-refractivity contribution in [1.29, 1.82) is 0 Å². The topological polar surface area (TPSA) is 65.0 Å². The van der Waals surface area contributed by atoms with E-state index in [1.165, 1.54) is 36.0 Å². The Morgan fingerprint density at radius 3 is 2.85 bits per heavy atom. The fraction of sp³-hybridized carbons (Fsp3) is 0.483. The summed E-state index contributed by atoms with van der Waals surface area (Å²) in [7, 11) is 0. The molecule has 2 aromatic rings. The standard InChI is InChI=1S/C29H32O5/c30-28(31)16-19-18-33-27-17-20(7-8-21(19)27)34-26-10-9-22-23(4-3-5-24(22)26)25-6-1-2-11-29(25)12-14-32-15-13-29/h3-8,17,19,26H,1-2,9-16,18H2,(H,30,31)/t19-,26-/m1/s1. The maximum absolute atomic E-state index is 11.1. The van der Waals surface area contributed by atoms with Crippen molar-refractivity contribution < 1.29 is 24.1 Å². The van der Waals surface area contributed by atoms with Gasteiger partial charge in [-0.3, -0.25) is 4.79 Å². The molecule has 1 N–H and O–H groups in total. The van der Waals surface area contributed by atoms with Crippen LogP contribution in [0, 0.1) is 5.41 Å². The molecule has 0 aromatic heterocycles. The predicted octanol–water partition coefficient (Wildman–Crippen LogP) is 6.07. The second kappa shape index (κ2) is 8.77. The molecule has 2 heterocycles. The van der Waals surface area contributed by atoms with Gasteiger partial charge in [0.1, 0.15) is 17.6 Å². The maximum Gasteiger partial charge on any atom is 0.304 e. The highest BCUT2D eigenvalue weighted by molar-refractivity contribution is 5.75. The largest absolute Gasteiger partial charge is 0.492 e. The van der Waals surface area contributed by atoms with Crippen molar-refractivity contribution in [3.8, 4) is 11.5 Å².